The zero-order valence-electron chi connectivity index (χ0n) is 11.4. The van der Waals surface area contributed by atoms with Crippen molar-refractivity contribution in [1.82, 2.24) is 4.98 Å². The Kier molecular flexibility index (Phi) is 3.46. The zero-order valence-corrected chi connectivity index (χ0v) is 11.4. The molecule has 1 heterocycles. The van der Waals surface area contributed by atoms with Gasteiger partial charge in [0.15, 0.2) is 0 Å². The van der Waals surface area contributed by atoms with Crippen LogP contribution in [0.4, 0.5) is 5.69 Å². The van der Waals surface area contributed by atoms with Crippen LogP contribution >= 0.6 is 0 Å². The fourth-order valence-electron chi connectivity index (χ4n) is 2.65. The summed E-state index contributed by atoms with van der Waals surface area (Å²) in [7, 11) is 0. The van der Waals surface area contributed by atoms with Gasteiger partial charge in [0.1, 0.15) is 11.9 Å². The molecule has 0 bridgehead atoms. The first kappa shape index (κ1) is 14.0. The highest BCUT2D eigenvalue weighted by atomic mass is 16.6. The Balaban J connectivity index is 1.88. The molecule has 22 heavy (non-hydrogen) atoms. The van der Waals surface area contributed by atoms with E-state index < -0.39 is 10.9 Å². The molecule has 2 aromatic rings. The van der Waals surface area contributed by atoms with Crippen molar-refractivity contribution in [2.45, 2.75) is 18.9 Å². The second kappa shape index (κ2) is 5.44. The van der Waals surface area contributed by atoms with Crippen LogP contribution in [0.25, 0.3) is 0 Å². The Morgan fingerprint density at radius 2 is 2.23 bits per heavy atom. The molecular formula is C15H12N2O5. The number of aromatic nitrogens is 1. The molecule has 0 saturated carbocycles. The maximum absolute atomic E-state index is 11.0. The van der Waals surface area contributed by atoms with Crippen LogP contribution in [-0.2, 0) is 6.42 Å². The number of ether oxygens (including phenoxy) is 1. The molecule has 0 radical (unpaired) electrons. The van der Waals surface area contributed by atoms with Crippen LogP contribution in [0.1, 0.15) is 34.0 Å². The van der Waals surface area contributed by atoms with Crippen LogP contribution in [0.15, 0.2) is 36.7 Å². The summed E-state index contributed by atoms with van der Waals surface area (Å²) < 4.78 is 5.78. The van der Waals surface area contributed by atoms with Crippen LogP contribution in [0.5, 0.6) is 5.75 Å². The number of fused-ring (bicyclic) bond motifs is 1. The van der Waals surface area contributed by atoms with E-state index in [1.807, 2.05) is 0 Å². The first-order valence-corrected chi connectivity index (χ1v) is 6.67. The summed E-state index contributed by atoms with van der Waals surface area (Å²) in [6.07, 6.45) is 3.51. The molecule has 7 heteroatoms. The number of carboxylic acid groups (broad SMARTS) is 1. The van der Waals surface area contributed by atoms with Crippen molar-refractivity contribution in [3.05, 3.63) is 63.5 Å². The summed E-state index contributed by atoms with van der Waals surface area (Å²) in [4.78, 5) is 25.4. The van der Waals surface area contributed by atoms with Crippen LogP contribution in [0.2, 0.25) is 0 Å². The van der Waals surface area contributed by atoms with E-state index in [0.29, 0.717) is 24.2 Å². The molecular weight excluding hydrogens is 288 g/mol. The van der Waals surface area contributed by atoms with Crippen molar-refractivity contribution in [3.63, 3.8) is 0 Å². The standard InChI is InChI=1S/C15H12N2O5/c18-15(19)9-6-10(8-16-7-9)22-14-5-4-11-12(14)2-1-3-13(11)17(20)21/h1-3,6-8,14H,4-5H2,(H,18,19). The molecule has 1 atom stereocenters. The monoisotopic (exact) mass is 300 g/mol. The average Bonchev–Trinajstić information content (AvgIpc) is 2.90. The molecule has 1 aromatic heterocycles. The van der Waals surface area contributed by atoms with Gasteiger partial charge in [-0.05, 0) is 18.9 Å². The van der Waals surface area contributed by atoms with E-state index in [1.165, 1.54) is 24.5 Å². The molecule has 1 aromatic carbocycles. The lowest BCUT2D eigenvalue weighted by molar-refractivity contribution is -0.385. The van der Waals surface area contributed by atoms with Crippen molar-refractivity contribution in [2.75, 3.05) is 0 Å². The molecule has 3 rings (SSSR count). The molecule has 0 amide bonds. The number of nitrogens with zero attached hydrogens (tertiary/aromatic N) is 2. The van der Waals surface area contributed by atoms with E-state index in [9.17, 15) is 14.9 Å². The van der Waals surface area contributed by atoms with E-state index in [-0.39, 0.29) is 17.4 Å². The number of hydrogen-bond donors (Lipinski definition) is 1. The lowest BCUT2D eigenvalue weighted by Crippen LogP contribution is -2.05. The molecule has 0 spiro atoms. The van der Waals surface area contributed by atoms with Crippen LogP contribution < -0.4 is 4.74 Å². The van der Waals surface area contributed by atoms with Gasteiger partial charge in [0, 0.05) is 23.4 Å². The van der Waals surface area contributed by atoms with Crippen molar-refractivity contribution >= 4 is 11.7 Å². The summed E-state index contributed by atoms with van der Waals surface area (Å²) in [5, 5.41) is 20.0. The van der Waals surface area contributed by atoms with E-state index >= 15 is 0 Å². The van der Waals surface area contributed by atoms with Gasteiger partial charge in [-0.15, -0.1) is 0 Å². The summed E-state index contributed by atoms with van der Waals surface area (Å²) >= 11 is 0. The number of rotatable bonds is 4. The largest absolute Gasteiger partial charge is 0.484 e. The highest BCUT2D eigenvalue weighted by molar-refractivity contribution is 5.87. The number of carboxylic acids is 1. The molecule has 112 valence electrons. The number of nitro benzene ring substituents is 1. The normalized spacial score (nSPS) is 16.1. The van der Waals surface area contributed by atoms with Gasteiger partial charge in [-0.2, -0.15) is 0 Å². The lowest BCUT2D eigenvalue weighted by Gasteiger charge is -2.14. The second-order valence-electron chi connectivity index (χ2n) is 4.96. The summed E-state index contributed by atoms with van der Waals surface area (Å²) in [5.74, 6) is -0.746. The number of hydrogen-bond acceptors (Lipinski definition) is 5. The summed E-state index contributed by atoms with van der Waals surface area (Å²) in [6.45, 7) is 0. The quantitative estimate of drug-likeness (QED) is 0.688. The minimum absolute atomic E-state index is 0.0368. The Morgan fingerprint density at radius 3 is 2.95 bits per heavy atom. The van der Waals surface area contributed by atoms with Crippen molar-refractivity contribution in [2.24, 2.45) is 0 Å². The third-order valence-electron chi connectivity index (χ3n) is 3.63. The van der Waals surface area contributed by atoms with Gasteiger partial charge in [0.05, 0.1) is 16.7 Å². The Morgan fingerprint density at radius 1 is 1.41 bits per heavy atom. The molecule has 1 aliphatic carbocycles. The molecule has 0 aliphatic heterocycles. The predicted molar refractivity (Wildman–Crippen MR) is 76.0 cm³/mol. The fraction of sp³-hybridized carbons (Fsp3) is 0.200. The molecule has 0 saturated heterocycles. The minimum Gasteiger partial charge on any atom is -0.484 e. The number of carbonyl (C=O) groups is 1. The number of aromatic carboxylic acids is 1. The highest BCUT2D eigenvalue weighted by Crippen LogP contribution is 2.39. The van der Waals surface area contributed by atoms with Gasteiger partial charge < -0.3 is 9.84 Å². The van der Waals surface area contributed by atoms with Gasteiger partial charge in [-0.25, -0.2) is 4.79 Å². The van der Waals surface area contributed by atoms with E-state index in [4.69, 9.17) is 9.84 Å². The van der Waals surface area contributed by atoms with Crippen molar-refractivity contribution in [1.29, 1.82) is 0 Å². The second-order valence-corrected chi connectivity index (χ2v) is 4.96. The van der Waals surface area contributed by atoms with Crippen LogP contribution in [0, 0.1) is 10.1 Å². The van der Waals surface area contributed by atoms with Gasteiger partial charge in [-0.3, -0.25) is 15.1 Å². The first-order chi connectivity index (χ1) is 10.6. The summed E-state index contributed by atoms with van der Waals surface area (Å²) in [5.41, 5.74) is 1.59. The Labute approximate surface area is 125 Å². The summed E-state index contributed by atoms with van der Waals surface area (Å²) in [6, 6.07) is 6.30. The van der Waals surface area contributed by atoms with Gasteiger partial charge in [0.2, 0.25) is 0 Å². The molecule has 1 unspecified atom stereocenters. The van der Waals surface area contributed by atoms with Crippen molar-refractivity contribution in [3.8, 4) is 5.75 Å². The van der Waals surface area contributed by atoms with Gasteiger partial charge >= 0.3 is 5.97 Å². The van der Waals surface area contributed by atoms with Crippen LogP contribution in [-0.4, -0.2) is 21.0 Å². The maximum atomic E-state index is 11.0. The number of nitro groups is 1. The Bertz CT molecular complexity index is 759. The lowest BCUT2D eigenvalue weighted by atomic mass is 10.1. The zero-order chi connectivity index (χ0) is 15.7. The van der Waals surface area contributed by atoms with E-state index in [2.05, 4.69) is 4.98 Å². The van der Waals surface area contributed by atoms with E-state index in [0.717, 1.165) is 5.56 Å². The van der Waals surface area contributed by atoms with Gasteiger partial charge in [-0.1, -0.05) is 12.1 Å². The maximum Gasteiger partial charge on any atom is 0.337 e. The van der Waals surface area contributed by atoms with Gasteiger partial charge in [0.25, 0.3) is 5.69 Å². The SMILES string of the molecule is O=C(O)c1cncc(OC2CCc3c2cccc3[N+](=O)[O-])c1. The molecule has 0 fully saturated rings. The number of benzene rings is 1. The minimum atomic E-state index is -1.08. The molecule has 1 N–H and O–H groups in total. The third kappa shape index (κ3) is 2.48. The average molecular weight is 300 g/mol. The molecule has 7 nitrogen and oxygen atoms in total. The predicted octanol–water partition coefficient (Wildman–Crippen LogP) is 2.75. The topological polar surface area (TPSA) is 103 Å². The van der Waals surface area contributed by atoms with E-state index in [1.54, 1.807) is 12.1 Å². The van der Waals surface area contributed by atoms with Crippen molar-refractivity contribution < 1.29 is 19.6 Å². The smallest absolute Gasteiger partial charge is 0.337 e. The first-order valence-electron chi connectivity index (χ1n) is 6.67. The highest BCUT2D eigenvalue weighted by Gasteiger charge is 2.30. The Hall–Kier alpha value is -2.96. The molecule has 1 aliphatic rings. The van der Waals surface area contributed by atoms with Crippen LogP contribution in [0.3, 0.4) is 0 Å². The fourth-order valence-corrected chi connectivity index (χ4v) is 2.65. The third-order valence-corrected chi connectivity index (χ3v) is 3.63. The number of pyridine rings is 1.